The van der Waals surface area contributed by atoms with E-state index in [4.69, 9.17) is 5.11 Å². The normalized spacial score (nSPS) is 11.9. The molecule has 1 atom stereocenters. The second-order valence-electron chi connectivity index (χ2n) is 5.57. The number of nitrogens with one attached hydrogen (secondary N) is 1. The highest BCUT2D eigenvalue weighted by molar-refractivity contribution is 7.15. The molecule has 1 radical (unpaired) electrons. The number of aromatic carboxylic acids is 1. The van der Waals surface area contributed by atoms with Gasteiger partial charge >= 0.3 is 5.97 Å². The molecular formula is C18H16N3O3S2. The Hall–Kier alpha value is -2.58. The Labute approximate surface area is 158 Å². The van der Waals surface area contributed by atoms with Gasteiger partial charge in [0.15, 0.2) is 0 Å². The van der Waals surface area contributed by atoms with E-state index in [1.54, 1.807) is 0 Å². The number of amides is 1. The minimum absolute atomic E-state index is 0.167. The van der Waals surface area contributed by atoms with Crippen molar-refractivity contribution < 1.29 is 14.7 Å². The summed E-state index contributed by atoms with van der Waals surface area (Å²) < 4.78 is 0. The predicted octanol–water partition coefficient (Wildman–Crippen LogP) is 3.45. The third-order valence-electron chi connectivity index (χ3n) is 3.51. The second kappa shape index (κ2) is 7.76. The van der Waals surface area contributed by atoms with Gasteiger partial charge in [-0.2, -0.15) is 0 Å². The molecule has 8 heteroatoms. The molecule has 0 saturated carbocycles. The van der Waals surface area contributed by atoms with Crippen molar-refractivity contribution in [1.29, 1.82) is 0 Å². The van der Waals surface area contributed by atoms with Crippen molar-refractivity contribution in [2.24, 2.45) is 0 Å². The number of thiazole rings is 2. The minimum atomic E-state index is -1.01. The van der Waals surface area contributed by atoms with Gasteiger partial charge in [0.25, 0.3) is 5.91 Å². The predicted molar refractivity (Wildman–Crippen MR) is 102 cm³/mol. The molecule has 133 valence electrons. The van der Waals surface area contributed by atoms with Crippen molar-refractivity contribution in [1.82, 2.24) is 15.3 Å². The third kappa shape index (κ3) is 4.14. The first-order chi connectivity index (χ1) is 12.4. The van der Waals surface area contributed by atoms with E-state index in [9.17, 15) is 9.59 Å². The van der Waals surface area contributed by atoms with Crippen LogP contribution in [0.5, 0.6) is 0 Å². The molecule has 0 aliphatic rings. The fourth-order valence-electron chi connectivity index (χ4n) is 2.39. The number of hydrogen-bond donors (Lipinski definition) is 2. The van der Waals surface area contributed by atoms with Gasteiger partial charge in [0.05, 0.1) is 21.1 Å². The van der Waals surface area contributed by atoms with Gasteiger partial charge in [-0.1, -0.05) is 30.3 Å². The van der Waals surface area contributed by atoms with Crippen LogP contribution in [0.3, 0.4) is 0 Å². The van der Waals surface area contributed by atoms with Gasteiger partial charge in [0.2, 0.25) is 0 Å². The zero-order valence-electron chi connectivity index (χ0n) is 13.9. The molecule has 3 aromatic rings. The lowest BCUT2D eigenvalue weighted by atomic mass is 10.1. The Morgan fingerprint density at radius 2 is 2.00 bits per heavy atom. The number of rotatable bonds is 6. The average Bonchev–Trinajstić information content (AvgIpc) is 3.22. The SMILES string of the molecule is [CH2]C(Cc1ncc(C(=O)O)s1)NC(=O)c1nc(C)sc1-c1ccccc1. The van der Waals surface area contributed by atoms with E-state index in [0.717, 1.165) is 26.8 Å². The largest absolute Gasteiger partial charge is 0.477 e. The molecule has 0 bridgehead atoms. The van der Waals surface area contributed by atoms with Gasteiger partial charge < -0.3 is 10.4 Å². The Bertz CT molecular complexity index is 934. The maximum atomic E-state index is 12.6. The lowest BCUT2D eigenvalue weighted by molar-refractivity contribution is 0.0701. The zero-order chi connectivity index (χ0) is 18.7. The number of carboxylic acid groups (broad SMARTS) is 1. The summed E-state index contributed by atoms with van der Waals surface area (Å²) >= 11 is 2.55. The van der Waals surface area contributed by atoms with E-state index in [2.05, 4.69) is 22.2 Å². The highest BCUT2D eigenvalue weighted by Gasteiger charge is 2.20. The number of carbonyl (C=O) groups excluding carboxylic acids is 1. The maximum Gasteiger partial charge on any atom is 0.347 e. The van der Waals surface area contributed by atoms with Crippen LogP contribution in [0.15, 0.2) is 36.5 Å². The van der Waals surface area contributed by atoms with E-state index in [1.165, 1.54) is 17.5 Å². The Morgan fingerprint density at radius 3 is 2.65 bits per heavy atom. The van der Waals surface area contributed by atoms with Crippen LogP contribution in [0, 0.1) is 13.8 Å². The number of benzene rings is 1. The summed E-state index contributed by atoms with van der Waals surface area (Å²) in [5, 5.41) is 13.2. The van der Waals surface area contributed by atoms with Crippen molar-refractivity contribution in [3.05, 3.63) is 64.0 Å². The monoisotopic (exact) mass is 386 g/mol. The van der Waals surface area contributed by atoms with Crippen LogP contribution in [-0.2, 0) is 6.42 Å². The van der Waals surface area contributed by atoms with E-state index in [-0.39, 0.29) is 10.8 Å². The van der Waals surface area contributed by atoms with Crippen molar-refractivity contribution in [3.63, 3.8) is 0 Å². The van der Waals surface area contributed by atoms with Crippen molar-refractivity contribution >= 4 is 34.6 Å². The molecule has 6 nitrogen and oxygen atoms in total. The number of aromatic nitrogens is 2. The molecule has 2 aromatic heterocycles. The molecule has 2 N–H and O–H groups in total. The second-order valence-corrected chi connectivity index (χ2v) is 7.89. The fraction of sp³-hybridized carbons (Fsp3) is 0.167. The fourth-order valence-corrected chi connectivity index (χ4v) is 4.14. The summed E-state index contributed by atoms with van der Waals surface area (Å²) in [6.07, 6.45) is 1.67. The molecule has 1 aromatic carbocycles. The first kappa shape index (κ1) is 18.2. The molecule has 0 aliphatic heterocycles. The van der Waals surface area contributed by atoms with E-state index < -0.39 is 12.0 Å². The van der Waals surface area contributed by atoms with Crippen LogP contribution in [0.1, 0.15) is 30.2 Å². The number of aryl methyl sites for hydroxylation is 1. The average molecular weight is 386 g/mol. The number of nitrogens with zero attached hydrogens (tertiary/aromatic N) is 2. The molecule has 3 rings (SSSR count). The number of hydrogen-bond acceptors (Lipinski definition) is 6. The summed E-state index contributed by atoms with van der Waals surface area (Å²) in [4.78, 5) is 33.0. The van der Waals surface area contributed by atoms with Crippen molar-refractivity contribution in [2.75, 3.05) is 0 Å². The Balaban J connectivity index is 1.72. The molecule has 0 saturated heterocycles. The van der Waals surface area contributed by atoms with Gasteiger partial charge in [0.1, 0.15) is 10.6 Å². The number of carbonyl (C=O) groups is 2. The van der Waals surface area contributed by atoms with Crippen molar-refractivity contribution in [3.8, 4) is 10.4 Å². The topological polar surface area (TPSA) is 92.2 Å². The Kier molecular flexibility index (Phi) is 5.43. The van der Waals surface area contributed by atoms with Crippen LogP contribution in [0.4, 0.5) is 0 Å². The maximum absolute atomic E-state index is 12.6. The van der Waals surface area contributed by atoms with Crippen molar-refractivity contribution in [2.45, 2.75) is 19.4 Å². The third-order valence-corrected chi connectivity index (χ3v) is 5.53. The highest BCUT2D eigenvalue weighted by Crippen LogP contribution is 2.30. The van der Waals surface area contributed by atoms with E-state index >= 15 is 0 Å². The van der Waals surface area contributed by atoms with Gasteiger partial charge in [0, 0.05) is 12.5 Å². The van der Waals surface area contributed by atoms with Crippen LogP contribution >= 0.6 is 22.7 Å². The first-order valence-electron chi connectivity index (χ1n) is 7.79. The minimum Gasteiger partial charge on any atom is -0.477 e. The molecule has 26 heavy (non-hydrogen) atoms. The summed E-state index contributed by atoms with van der Waals surface area (Å²) in [5.74, 6) is -1.31. The smallest absolute Gasteiger partial charge is 0.347 e. The summed E-state index contributed by atoms with van der Waals surface area (Å²) in [7, 11) is 0. The molecule has 0 fully saturated rings. The molecule has 0 spiro atoms. The zero-order valence-corrected chi connectivity index (χ0v) is 15.6. The van der Waals surface area contributed by atoms with E-state index in [1.807, 2.05) is 37.3 Å². The van der Waals surface area contributed by atoms with Crippen LogP contribution in [0.2, 0.25) is 0 Å². The first-order valence-corrected chi connectivity index (χ1v) is 9.42. The van der Waals surface area contributed by atoms with Gasteiger partial charge in [-0.25, -0.2) is 14.8 Å². The lowest BCUT2D eigenvalue weighted by Gasteiger charge is -2.12. The Morgan fingerprint density at radius 1 is 1.27 bits per heavy atom. The molecule has 1 unspecified atom stereocenters. The highest BCUT2D eigenvalue weighted by atomic mass is 32.1. The number of carboxylic acids is 1. The van der Waals surface area contributed by atoms with Crippen LogP contribution in [0.25, 0.3) is 10.4 Å². The van der Waals surface area contributed by atoms with Gasteiger partial charge in [-0.05, 0) is 19.4 Å². The summed E-state index contributed by atoms with van der Waals surface area (Å²) in [6, 6.07) is 9.18. The molecular weight excluding hydrogens is 370 g/mol. The molecule has 1 amide bonds. The summed E-state index contributed by atoms with van der Waals surface area (Å²) in [5.41, 5.74) is 1.31. The van der Waals surface area contributed by atoms with Crippen LogP contribution < -0.4 is 5.32 Å². The molecule has 0 aliphatic carbocycles. The standard InChI is InChI=1S/C18H16N3O3S2/c1-10(8-14-19-9-13(26-14)18(23)24)20-17(22)15-16(25-11(2)21-15)12-6-4-3-5-7-12/h3-7,9-10H,1,8H2,2H3,(H,20,22)(H,23,24). The van der Waals surface area contributed by atoms with Crippen LogP contribution in [-0.4, -0.2) is 33.0 Å². The molecule has 2 heterocycles. The quantitative estimate of drug-likeness (QED) is 0.677. The van der Waals surface area contributed by atoms with Gasteiger partial charge in [-0.3, -0.25) is 4.79 Å². The van der Waals surface area contributed by atoms with Gasteiger partial charge in [-0.15, -0.1) is 22.7 Å². The summed E-state index contributed by atoms with van der Waals surface area (Å²) in [6.45, 7) is 5.78. The van der Waals surface area contributed by atoms with E-state index in [0.29, 0.717) is 17.1 Å². The lowest BCUT2D eigenvalue weighted by Crippen LogP contribution is -2.34.